The van der Waals surface area contributed by atoms with Gasteiger partial charge in [0, 0.05) is 32.7 Å². The van der Waals surface area contributed by atoms with Crippen LogP contribution >= 0.6 is 0 Å². The van der Waals surface area contributed by atoms with E-state index in [-0.39, 0.29) is 6.10 Å². The number of aliphatic carboxylic acids is 4. The molecule has 0 radical (unpaired) electrons. The third-order valence-corrected chi connectivity index (χ3v) is 5.26. The van der Waals surface area contributed by atoms with Gasteiger partial charge in [0.1, 0.15) is 0 Å². The molecule has 0 aromatic heterocycles. The highest BCUT2D eigenvalue weighted by molar-refractivity contribution is 6.27. The summed E-state index contributed by atoms with van der Waals surface area (Å²) in [6.45, 7) is 6.56. The lowest BCUT2D eigenvalue weighted by molar-refractivity contribution is -0.159. The molecule has 3 rings (SSSR count). The Kier molecular flexibility index (Phi) is 14.9. The summed E-state index contributed by atoms with van der Waals surface area (Å²) >= 11 is 0. The molecule has 13 heteroatoms. The summed E-state index contributed by atoms with van der Waals surface area (Å²) in [5, 5.41) is 43.0. The topological polar surface area (TPSA) is 203 Å². The number of aryl methyl sites for hydroxylation is 1. The number of hydrogen-bond donors (Lipinski definition) is 6. The van der Waals surface area contributed by atoms with Crippen LogP contribution in [0.25, 0.3) is 0 Å². The Labute approximate surface area is 208 Å². The largest absolute Gasteiger partial charge is 0.473 e. The SMILES string of the molecule is O=C(O)C(=O)O.O=C(O)C(=O)O.OC(CNCCN1CCOCC1)COC1CCCc2ccccc21. The lowest BCUT2D eigenvalue weighted by Gasteiger charge is -2.27. The number of fused-ring (bicyclic) bond motifs is 1. The molecule has 0 amide bonds. The van der Waals surface area contributed by atoms with Crippen LogP contribution in [0.15, 0.2) is 24.3 Å². The predicted molar refractivity (Wildman–Crippen MR) is 125 cm³/mol. The number of morpholine rings is 1. The van der Waals surface area contributed by atoms with Crippen molar-refractivity contribution in [2.45, 2.75) is 31.5 Å². The van der Waals surface area contributed by atoms with E-state index in [1.165, 1.54) is 11.1 Å². The highest BCUT2D eigenvalue weighted by Crippen LogP contribution is 2.32. The molecular formula is C23H34N2O11. The molecule has 13 nitrogen and oxygen atoms in total. The fourth-order valence-electron chi connectivity index (χ4n) is 3.50. The van der Waals surface area contributed by atoms with Crippen LogP contribution in [-0.4, -0.2) is 113 Å². The number of carboxylic acid groups (broad SMARTS) is 4. The van der Waals surface area contributed by atoms with Crippen LogP contribution in [0.1, 0.15) is 30.1 Å². The van der Waals surface area contributed by atoms with E-state index in [1.54, 1.807) is 0 Å². The number of benzene rings is 1. The van der Waals surface area contributed by atoms with Crippen LogP contribution in [0.4, 0.5) is 0 Å². The lowest BCUT2D eigenvalue weighted by Crippen LogP contribution is -2.41. The number of hydrogen-bond acceptors (Lipinski definition) is 9. The van der Waals surface area contributed by atoms with Gasteiger partial charge < -0.3 is 40.3 Å². The first-order valence-corrected chi connectivity index (χ1v) is 11.4. The quantitative estimate of drug-likeness (QED) is 0.195. The van der Waals surface area contributed by atoms with E-state index in [0.29, 0.717) is 13.2 Å². The molecule has 202 valence electrons. The minimum absolute atomic E-state index is 0.137. The average molecular weight is 515 g/mol. The van der Waals surface area contributed by atoms with Crippen molar-refractivity contribution in [1.82, 2.24) is 10.2 Å². The summed E-state index contributed by atoms with van der Waals surface area (Å²) in [4.78, 5) is 38.8. The summed E-state index contributed by atoms with van der Waals surface area (Å²) in [6.07, 6.45) is 3.03. The first kappa shape index (κ1) is 30.9. The smallest absolute Gasteiger partial charge is 0.414 e. The minimum Gasteiger partial charge on any atom is -0.473 e. The normalized spacial score (nSPS) is 17.8. The van der Waals surface area contributed by atoms with Crippen LogP contribution in [0.2, 0.25) is 0 Å². The summed E-state index contributed by atoms with van der Waals surface area (Å²) in [5.74, 6) is -7.30. The van der Waals surface area contributed by atoms with E-state index < -0.39 is 30.0 Å². The van der Waals surface area contributed by atoms with E-state index in [0.717, 1.165) is 58.7 Å². The van der Waals surface area contributed by atoms with E-state index in [9.17, 15) is 5.11 Å². The first-order chi connectivity index (χ1) is 17.1. The molecule has 36 heavy (non-hydrogen) atoms. The Morgan fingerprint density at radius 3 is 2.17 bits per heavy atom. The molecule has 0 bridgehead atoms. The van der Waals surface area contributed by atoms with Crippen LogP contribution < -0.4 is 5.32 Å². The van der Waals surface area contributed by atoms with Gasteiger partial charge in [-0.1, -0.05) is 24.3 Å². The van der Waals surface area contributed by atoms with E-state index >= 15 is 0 Å². The monoisotopic (exact) mass is 514 g/mol. The van der Waals surface area contributed by atoms with Gasteiger partial charge in [0.2, 0.25) is 0 Å². The maximum atomic E-state index is 10.1. The Bertz CT molecular complexity index is 795. The number of ether oxygens (including phenoxy) is 2. The van der Waals surface area contributed by atoms with Gasteiger partial charge in [-0.25, -0.2) is 19.2 Å². The van der Waals surface area contributed by atoms with Gasteiger partial charge in [-0.15, -0.1) is 0 Å². The molecule has 1 aromatic carbocycles. The number of aliphatic hydroxyl groups is 1. The third kappa shape index (κ3) is 13.1. The molecule has 1 aliphatic heterocycles. The Morgan fingerprint density at radius 2 is 1.58 bits per heavy atom. The maximum Gasteiger partial charge on any atom is 0.414 e. The molecule has 2 unspecified atom stereocenters. The van der Waals surface area contributed by atoms with Crippen molar-refractivity contribution in [1.29, 1.82) is 0 Å². The molecule has 1 heterocycles. The number of carbonyl (C=O) groups is 4. The fourth-order valence-corrected chi connectivity index (χ4v) is 3.50. The predicted octanol–water partition coefficient (Wildman–Crippen LogP) is -0.325. The molecule has 1 saturated heterocycles. The van der Waals surface area contributed by atoms with E-state index in [2.05, 4.69) is 34.5 Å². The molecule has 0 spiro atoms. The van der Waals surface area contributed by atoms with E-state index in [1.807, 2.05) is 0 Å². The number of nitrogens with one attached hydrogen (secondary N) is 1. The van der Waals surface area contributed by atoms with Gasteiger partial charge in [-0.2, -0.15) is 0 Å². The number of rotatable bonds is 8. The summed E-state index contributed by atoms with van der Waals surface area (Å²) < 4.78 is 11.3. The van der Waals surface area contributed by atoms with Crippen LogP contribution in [-0.2, 0) is 35.1 Å². The molecule has 6 N–H and O–H groups in total. The Morgan fingerprint density at radius 1 is 1.00 bits per heavy atom. The second-order valence-corrected chi connectivity index (χ2v) is 7.95. The van der Waals surface area contributed by atoms with Crippen LogP contribution in [0.3, 0.4) is 0 Å². The first-order valence-electron chi connectivity index (χ1n) is 11.4. The zero-order chi connectivity index (χ0) is 26.9. The zero-order valence-electron chi connectivity index (χ0n) is 19.9. The summed E-state index contributed by atoms with van der Waals surface area (Å²) in [7, 11) is 0. The van der Waals surface area contributed by atoms with Gasteiger partial charge in [0.15, 0.2) is 0 Å². The van der Waals surface area contributed by atoms with Gasteiger partial charge in [0.25, 0.3) is 0 Å². The number of carboxylic acids is 4. The third-order valence-electron chi connectivity index (χ3n) is 5.26. The maximum absolute atomic E-state index is 10.1. The van der Waals surface area contributed by atoms with E-state index in [4.69, 9.17) is 49.1 Å². The van der Waals surface area contributed by atoms with Gasteiger partial charge >= 0.3 is 23.9 Å². The van der Waals surface area contributed by atoms with Crippen molar-refractivity contribution in [3.05, 3.63) is 35.4 Å². The zero-order valence-corrected chi connectivity index (χ0v) is 19.9. The molecular weight excluding hydrogens is 480 g/mol. The Hall–Kier alpha value is -3.10. The highest BCUT2D eigenvalue weighted by atomic mass is 16.5. The lowest BCUT2D eigenvalue weighted by atomic mass is 9.89. The molecule has 2 atom stereocenters. The van der Waals surface area contributed by atoms with Gasteiger partial charge in [-0.05, 0) is 30.4 Å². The fraction of sp³-hybridized carbons (Fsp3) is 0.565. The second-order valence-electron chi connectivity index (χ2n) is 7.95. The van der Waals surface area contributed by atoms with Crippen molar-refractivity contribution in [3.8, 4) is 0 Å². The van der Waals surface area contributed by atoms with Gasteiger partial charge in [-0.3, -0.25) is 4.90 Å². The van der Waals surface area contributed by atoms with Crippen molar-refractivity contribution in [2.75, 3.05) is 52.5 Å². The molecule has 1 fully saturated rings. The summed E-state index contributed by atoms with van der Waals surface area (Å²) in [6, 6.07) is 8.51. The molecule has 0 saturated carbocycles. The van der Waals surface area contributed by atoms with Crippen molar-refractivity contribution in [3.63, 3.8) is 0 Å². The van der Waals surface area contributed by atoms with Crippen LogP contribution in [0, 0.1) is 0 Å². The second kappa shape index (κ2) is 17.3. The Balaban J connectivity index is 0.000000450. The van der Waals surface area contributed by atoms with Crippen molar-refractivity contribution >= 4 is 23.9 Å². The molecule has 2 aliphatic rings. The highest BCUT2D eigenvalue weighted by Gasteiger charge is 2.21. The standard InChI is InChI=1S/C19H30N2O3.2C2H2O4/c22-17(14-20-8-9-21-10-12-23-13-11-21)15-24-19-7-3-5-16-4-1-2-6-18(16)19;2*3-1(4)2(5)6/h1-2,4,6,17,19-20,22H,3,5,7-15H2;2*(H,3,4)(H,5,6). The molecule has 1 aromatic rings. The minimum atomic E-state index is -1.82. The molecule has 1 aliphatic carbocycles. The summed E-state index contributed by atoms with van der Waals surface area (Å²) in [5.41, 5.74) is 2.70. The number of nitrogens with zero attached hydrogens (tertiary/aromatic N) is 1. The number of aliphatic hydroxyl groups excluding tert-OH is 1. The van der Waals surface area contributed by atoms with Crippen molar-refractivity contribution in [2.24, 2.45) is 0 Å². The van der Waals surface area contributed by atoms with Gasteiger partial charge in [0.05, 0.1) is 32.0 Å². The van der Waals surface area contributed by atoms with Crippen LogP contribution in [0.5, 0.6) is 0 Å². The average Bonchev–Trinajstić information content (AvgIpc) is 2.86. The van der Waals surface area contributed by atoms with Crippen molar-refractivity contribution < 1.29 is 54.2 Å².